The van der Waals surface area contributed by atoms with Gasteiger partial charge in [0.2, 0.25) is 0 Å². The molecule has 0 rings (SSSR count). The normalized spacial score (nSPS) is 2.60. The van der Waals surface area contributed by atoms with E-state index in [1.54, 1.807) is 0 Å². The Morgan fingerprint density at radius 3 is 1.20 bits per heavy atom. The molecule has 0 N–H and O–H groups in total. The molecule has 0 unspecified atom stereocenters. The second-order valence-corrected chi connectivity index (χ2v) is 0.0833. The maximum atomic E-state index is 8.12. The molecule has 0 atom stereocenters. The van der Waals surface area contributed by atoms with E-state index in [0.29, 0.717) is 0 Å². The van der Waals surface area contributed by atoms with Crippen LogP contribution in [0.2, 0.25) is 0 Å². The quantitative estimate of drug-likeness (QED) is 0.423. The van der Waals surface area contributed by atoms with Crippen LogP contribution in [0.3, 0.4) is 0 Å². The minimum atomic E-state index is 0.250. The van der Waals surface area contributed by atoms with Crippen LogP contribution in [0.15, 0.2) is 0 Å². The van der Waals surface area contributed by atoms with Gasteiger partial charge in [0.1, 0.15) is 0 Å². The van der Waals surface area contributed by atoms with Crippen LogP contribution in [-0.2, 0) is 29.1 Å². The van der Waals surface area contributed by atoms with Gasteiger partial charge in [-0.25, -0.2) is 0 Å². The summed E-state index contributed by atoms with van der Waals surface area (Å²) in [6.07, 6.45) is 0.250. The average Bonchev–Trinajstić information content (AvgIpc) is 1.46. The second kappa shape index (κ2) is 56.5. The molecule has 0 saturated heterocycles. The van der Waals surface area contributed by atoms with E-state index in [2.05, 4.69) is 15.7 Å². The molecule has 0 spiro atoms. The van der Waals surface area contributed by atoms with E-state index in [4.69, 9.17) is 13.5 Å². The van der Waals surface area contributed by atoms with Gasteiger partial charge in [0.25, 0.3) is 0 Å². The van der Waals surface area contributed by atoms with Crippen molar-refractivity contribution in [3.63, 3.8) is 0 Å². The number of hydrogen-bond acceptors (Lipinski definition) is 3. The molecule has 0 aromatic rings. The van der Waals surface area contributed by atoms with Crippen LogP contribution in [0.4, 0.5) is 0 Å². The number of hydrogen-bond donors (Lipinski definition) is 0. The molecule has 31 valence electrons. The summed E-state index contributed by atoms with van der Waals surface area (Å²) < 4.78 is 7.94. The van der Waals surface area contributed by atoms with E-state index >= 15 is 0 Å². The van der Waals surface area contributed by atoms with E-state index in [1.807, 2.05) is 0 Å². The molecule has 4 heteroatoms. The Balaban J connectivity index is 0. The standard InChI is InChI=1S/CO2.Co.O/c2-1-3;;. The molecule has 0 aliphatic rings. The second-order valence-electron chi connectivity index (χ2n) is 0.0833. The van der Waals surface area contributed by atoms with E-state index in [-0.39, 0.29) is 6.15 Å². The van der Waals surface area contributed by atoms with Crippen molar-refractivity contribution < 1.29 is 29.1 Å². The fourth-order valence-corrected chi connectivity index (χ4v) is 0. The Kier molecular flexibility index (Phi) is 99.6. The van der Waals surface area contributed by atoms with Crippen molar-refractivity contribution in [1.82, 2.24) is 0 Å². The van der Waals surface area contributed by atoms with Gasteiger partial charge in [0.05, 0.1) is 0 Å². The molecule has 0 fully saturated rings. The maximum absolute atomic E-state index is 8.12. The summed E-state index contributed by atoms with van der Waals surface area (Å²) in [6.45, 7) is 0. The molecule has 0 heterocycles. The van der Waals surface area contributed by atoms with Crippen LogP contribution in [0.25, 0.3) is 0 Å². The predicted molar refractivity (Wildman–Crippen MR) is 5.69 cm³/mol. The monoisotopic (exact) mass is 119 g/mol. The third-order valence-electron chi connectivity index (χ3n) is 0. The zero-order valence-electron chi connectivity index (χ0n) is 2.06. The van der Waals surface area contributed by atoms with Crippen molar-refractivity contribution in [3.8, 4) is 0 Å². The SMILES string of the molecule is O=C=O.[O]=[Co]. The van der Waals surface area contributed by atoms with Gasteiger partial charge in [0, 0.05) is 0 Å². The topological polar surface area (TPSA) is 51.2 Å². The number of rotatable bonds is 0. The van der Waals surface area contributed by atoms with Crippen LogP contribution in [-0.4, -0.2) is 6.15 Å². The fourth-order valence-electron chi connectivity index (χ4n) is 0. The van der Waals surface area contributed by atoms with Crippen LogP contribution >= 0.6 is 0 Å². The molecule has 0 radical (unpaired) electrons. The summed E-state index contributed by atoms with van der Waals surface area (Å²) in [6, 6.07) is 0. The first-order chi connectivity index (χ1) is 2.41. The molecular weight excluding hydrogens is 119 g/mol. The molecular formula is CCoO3. The Labute approximate surface area is 36.1 Å². The predicted octanol–water partition coefficient (Wildman–Crippen LogP) is -0.705. The first-order valence-corrected chi connectivity index (χ1v) is 0.969. The summed E-state index contributed by atoms with van der Waals surface area (Å²) >= 11 is 2.31. The Morgan fingerprint density at radius 1 is 1.20 bits per heavy atom. The van der Waals surface area contributed by atoms with Gasteiger partial charge >= 0.3 is 25.7 Å². The Bertz CT molecular complexity index is 36.2. The van der Waals surface area contributed by atoms with Crippen molar-refractivity contribution in [3.05, 3.63) is 0 Å². The van der Waals surface area contributed by atoms with Gasteiger partial charge < -0.3 is 0 Å². The summed E-state index contributed by atoms with van der Waals surface area (Å²) in [4.78, 5) is 16.2. The van der Waals surface area contributed by atoms with E-state index < -0.39 is 0 Å². The molecule has 3 nitrogen and oxygen atoms in total. The van der Waals surface area contributed by atoms with Gasteiger partial charge in [-0.2, -0.15) is 9.59 Å². The molecule has 0 aromatic carbocycles. The Hall–Kier alpha value is -0.314. The van der Waals surface area contributed by atoms with E-state index in [9.17, 15) is 0 Å². The summed E-state index contributed by atoms with van der Waals surface area (Å²) in [5.41, 5.74) is 0. The van der Waals surface area contributed by atoms with Crippen LogP contribution in [0.1, 0.15) is 0 Å². The van der Waals surface area contributed by atoms with Gasteiger partial charge in [-0.1, -0.05) is 0 Å². The van der Waals surface area contributed by atoms with Crippen molar-refractivity contribution in [1.29, 1.82) is 0 Å². The van der Waals surface area contributed by atoms with Crippen LogP contribution < -0.4 is 0 Å². The summed E-state index contributed by atoms with van der Waals surface area (Å²) in [5, 5.41) is 0. The van der Waals surface area contributed by atoms with Gasteiger partial charge in [-0.05, 0) is 0 Å². The zero-order chi connectivity index (χ0) is 4.71. The van der Waals surface area contributed by atoms with Gasteiger partial charge in [0.15, 0.2) is 0 Å². The first-order valence-electron chi connectivity index (χ1n) is 0.544. The number of carbonyl (C=O) groups excluding carboxylic acids is 2. The van der Waals surface area contributed by atoms with E-state index in [1.165, 1.54) is 0 Å². The van der Waals surface area contributed by atoms with Crippen molar-refractivity contribution in [2.45, 2.75) is 0 Å². The first kappa shape index (κ1) is 8.82. The molecule has 0 aliphatic carbocycles. The average molecular weight is 119 g/mol. The van der Waals surface area contributed by atoms with Crippen molar-refractivity contribution in [2.24, 2.45) is 0 Å². The summed E-state index contributed by atoms with van der Waals surface area (Å²) in [5.74, 6) is 0. The molecule has 5 heavy (non-hydrogen) atoms. The van der Waals surface area contributed by atoms with Crippen LogP contribution in [0.5, 0.6) is 0 Å². The molecule has 0 aromatic heterocycles. The fraction of sp³-hybridized carbons (Fsp3) is 0. The minimum absolute atomic E-state index is 0.250. The molecule has 0 aliphatic heterocycles. The third-order valence-corrected chi connectivity index (χ3v) is 0. The molecule has 0 amide bonds. The van der Waals surface area contributed by atoms with Crippen LogP contribution in [0, 0.1) is 0 Å². The van der Waals surface area contributed by atoms with E-state index in [0.717, 1.165) is 0 Å². The van der Waals surface area contributed by atoms with Crippen molar-refractivity contribution in [2.75, 3.05) is 0 Å². The van der Waals surface area contributed by atoms with Gasteiger partial charge in [-0.3, -0.25) is 0 Å². The van der Waals surface area contributed by atoms with Gasteiger partial charge in [-0.15, -0.1) is 0 Å². The molecule has 0 saturated carbocycles. The third kappa shape index (κ3) is 107. The van der Waals surface area contributed by atoms with Crippen molar-refractivity contribution >= 4 is 6.15 Å². The molecule has 0 bridgehead atoms. The summed E-state index contributed by atoms with van der Waals surface area (Å²) in [7, 11) is 0. The zero-order valence-corrected chi connectivity index (χ0v) is 3.10. The Morgan fingerprint density at radius 2 is 1.20 bits per heavy atom.